The maximum Gasteiger partial charge on any atom is 0.323 e. The fraction of sp³-hybridized carbons (Fsp3) is 0.212. The number of hydrogen-bond donors (Lipinski definition) is 3. The van der Waals surface area contributed by atoms with Crippen LogP contribution in [0.25, 0.3) is 22.0 Å². The Morgan fingerprint density at radius 2 is 1.73 bits per heavy atom. The first-order valence-electron chi connectivity index (χ1n) is 14.7. The lowest BCUT2D eigenvalue weighted by Gasteiger charge is -2.40. The Morgan fingerprint density at radius 3 is 2.56 bits per heavy atom. The van der Waals surface area contributed by atoms with Crippen LogP contribution in [0.15, 0.2) is 115 Å². The molecule has 3 aromatic carbocycles. The summed E-state index contributed by atoms with van der Waals surface area (Å²) >= 11 is 0. The summed E-state index contributed by atoms with van der Waals surface area (Å²) in [7, 11) is -4.33. The summed E-state index contributed by atoms with van der Waals surface area (Å²) in [6.07, 6.45) is 7.34. The van der Waals surface area contributed by atoms with E-state index in [1.165, 1.54) is 17.2 Å². The molecule has 2 unspecified atom stereocenters. The fourth-order valence-electron chi connectivity index (χ4n) is 5.62. The third-order valence-corrected chi connectivity index (χ3v) is 9.88. The summed E-state index contributed by atoms with van der Waals surface area (Å²) in [4.78, 5) is 37.2. The molecule has 0 aliphatic carbocycles. The number of nitrogens with one attached hydrogen (secondary N) is 3. The number of para-hydroxylation sites is 2. The minimum Gasteiger partial charge on any atom is -0.355 e. The van der Waals surface area contributed by atoms with Crippen molar-refractivity contribution in [2.75, 3.05) is 25.0 Å². The molecule has 12 heteroatoms. The predicted molar refractivity (Wildman–Crippen MR) is 172 cm³/mol. The van der Waals surface area contributed by atoms with E-state index in [-0.39, 0.29) is 23.5 Å². The lowest BCUT2D eigenvalue weighted by molar-refractivity contribution is -0.124. The molecule has 0 spiro atoms. The second kappa shape index (κ2) is 13.3. The second-order valence-corrected chi connectivity index (χ2v) is 12.7. The van der Waals surface area contributed by atoms with E-state index in [1.807, 2.05) is 53.2 Å². The number of nitrogens with zero attached hydrogens (tertiary/aromatic N) is 4. The van der Waals surface area contributed by atoms with E-state index in [0.29, 0.717) is 30.6 Å². The molecule has 3 N–H and O–H groups in total. The summed E-state index contributed by atoms with van der Waals surface area (Å²) in [6.45, 7) is 1.23. The normalized spacial score (nSPS) is 16.8. The summed E-state index contributed by atoms with van der Waals surface area (Å²) in [5.41, 5.74) is 2.48. The van der Waals surface area contributed by atoms with Gasteiger partial charge in [0.25, 0.3) is 0 Å². The summed E-state index contributed by atoms with van der Waals surface area (Å²) in [5, 5.41) is 7.98. The Morgan fingerprint density at radius 1 is 0.933 bits per heavy atom. The van der Waals surface area contributed by atoms with Crippen molar-refractivity contribution in [2.45, 2.75) is 29.3 Å². The molecule has 0 bridgehead atoms. The second-order valence-electron chi connectivity index (χ2n) is 10.7. The van der Waals surface area contributed by atoms with E-state index in [9.17, 15) is 18.0 Å². The van der Waals surface area contributed by atoms with Crippen molar-refractivity contribution in [3.63, 3.8) is 0 Å². The first-order chi connectivity index (χ1) is 21.9. The topological polar surface area (TPSA) is 138 Å². The zero-order valence-corrected chi connectivity index (χ0v) is 25.2. The molecule has 2 aromatic heterocycles. The van der Waals surface area contributed by atoms with Crippen LogP contribution in [0.1, 0.15) is 6.42 Å². The molecule has 2 atom stereocenters. The predicted octanol–water partition coefficient (Wildman–Crippen LogP) is 3.91. The monoisotopic (exact) mass is 623 g/mol. The van der Waals surface area contributed by atoms with Crippen molar-refractivity contribution < 1.29 is 18.0 Å². The van der Waals surface area contributed by atoms with E-state index in [0.717, 1.165) is 11.1 Å². The molecule has 1 aliphatic heterocycles. The third kappa shape index (κ3) is 6.42. The zero-order valence-electron chi connectivity index (χ0n) is 24.4. The smallest absolute Gasteiger partial charge is 0.323 e. The Kier molecular flexibility index (Phi) is 8.85. The number of imidazole rings is 1. The molecule has 1 fully saturated rings. The van der Waals surface area contributed by atoms with Gasteiger partial charge in [0.2, 0.25) is 15.7 Å². The quantitative estimate of drug-likeness (QED) is 0.212. The number of fused-ring (bicyclic) bond motifs is 1. The van der Waals surface area contributed by atoms with E-state index in [4.69, 9.17) is 0 Å². The largest absolute Gasteiger partial charge is 0.355 e. The van der Waals surface area contributed by atoms with Crippen molar-refractivity contribution in [2.24, 2.45) is 0 Å². The number of anilines is 1. The van der Waals surface area contributed by atoms with E-state index in [2.05, 4.69) is 25.9 Å². The molecule has 3 amide bonds. The molecular weight excluding hydrogens is 590 g/mol. The highest BCUT2D eigenvalue weighted by molar-refractivity contribution is 7.92. The standard InChI is InChI=1S/C33H33N7O4S/c41-31(37-17-8-20-39-21-18-34-23-39)30-32(45(43,44)28-15-6-11-25-12-7-16-35-29(25)28)40(22-19-36-30)33(42)38-27-14-5-4-13-26(27)24-9-2-1-3-10-24/h1-7,9-16,18,21,23,30,32,36H,8,17,19-20,22H2,(H,37,41)(H,38,42). The molecule has 0 saturated carbocycles. The lowest BCUT2D eigenvalue weighted by atomic mass is 10.0. The van der Waals surface area contributed by atoms with Gasteiger partial charge in [0.1, 0.15) is 6.04 Å². The van der Waals surface area contributed by atoms with Gasteiger partial charge in [-0.2, -0.15) is 0 Å². The van der Waals surface area contributed by atoms with Crippen molar-refractivity contribution >= 4 is 38.4 Å². The average Bonchev–Trinajstić information content (AvgIpc) is 3.60. The molecule has 6 rings (SSSR count). The van der Waals surface area contributed by atoms with Gasteiger partial charge in [-0.15, -0.1) is 0 Å². The van der Waals surface area contributed by atoms with E-state index in [1.54, 1.807) is 48.9 Å². The Balaban J connectivity index is 1.32. The van der Waals surface area contributed by atoms with Gasteiger partial charge < -0.3 is 25.4 Å². The first kappa shape index (κ1) is 30.0. The highest BCUT2D eigenvalue weighted by Gasteiger charge is 2.47. The molecular formula is C33H33N7O4S. The molecule has 0 radical (unpaired) electrons. The van der Waals surface area contributed by atoms with Gasteiger partial charge in [-0.3, -0.25) is 9.78 Å². The number of piperazine rings is 1. The number of carbonyl (C=O) groups excluding carboxylic acids is 2. The van der Waals surface area contributed by atoms with E-state index >= 15 is 0 Å². The van der Waals surface area contributed by atoms with Gasteiger partial charge in [0.05, 0.1) is 22.4 Å². The van der Waals surface area contributed by atoms with Crippen molar-refractivity contribution in [3.05, 3.63) is 110 Å². The van der Waals surface area contributed by atoms with Crippen LogP contribution in [0.2, 0.25) is 0 Å². The van der Waals surface area contributed by atoms with Crippen LogP contribution in [-0.2, 0) is 21.2 Å². The minimum atomic E-state index is -4.33. The number of urea groups is 1. The zero-order chi connectivity index (χ0) is 31.2. The number of carbonyl (C=O) groups is 2. The number of pyridine rings is 1. The molecule has 1 aliphatic rings. The van der Waals surface area contributed by atoms with Crippen LogP contribution < -0.4 is 16.0 Å². The van der Waals surface area contributed by atoms with Crippen molar-refractivity contribution in [3.8, 4) is 11.1 Å². The first-order valence-corrected chi connectivity index (χ1v) is 16.2. The van der Waals surface area contributed by atoms with Gasteiger partial charge in [0.15, 0.2) is 5.37 Å². The van der Waals surface area contributed by atoms with Crippen molar-refractivity contribution in [1.82, 2.24) is 30.1 Å². The Labute approximate surface area is 261 Å². The number of benzene rings is 3. The van der Waals surface area contributed by atoms with Crippen LogP contribution in [0.3, 0.4) is 0 Å². The van der Waals surface area contributed by atoms with Gasteiger partial charge in [-0.05, 0) is 30.2 Å². The average molecular weight is 624 g/mol. The van der Waals surface area contributed by atoms with Crippen molar-refractivity contribution in [1.29, 1.82) is 0 Å². The number of aryl methyl sites for hydroxylation is 1. The van der Waals surface area contributed by atoms with Gasteiger partial charge >= 0.3 is 6.03 Å². The lowest BCUT2D eigenvalue weighted by Crippen LogP contribution is -2.67. The van der Waals surface area contributed by atoms with Crippen LogP contribution in [0.5, 0.6) is 0 Å². The maximum absolute atomic E-state index is 14.6. The molecule has 11 nitrogen and oxygen atoms in total. The minimum absolute atomic E-state index is 0.0466. The van der Waals surface area contributed by atoms with Crippen LogP contribution in [-0.4, -0.2) is 70.8 Å². The Hall–Kier alpha value is -5.07. The van der Waals surface area contributed by atoms with Crippen LogP contribution in [0.4, 0.5) is 10.5 Å². The number of aromatic nitrogens is 3. The summed E-state index contributed by atoms with van der Waals surface area (Å²) in [6, 6.07) is 23.4. The molecule has 5 aromatic rings. The van der Waals surface area contributed by atoms with Gasteiger partial charge in [-0.25, -0.2) is 18.2 Å². The Bertz CT molecular complexity index is 1890. The van der Waals surface area contributed by atoms with Gasteiger partial charge in [0, 0.05) is 55.7 Å². The van der Waals surface area contributed by atoms with Crippen LogP contribution in [0, 0.1) is 0 Å². The molecule has 3 heterocycles. The molecule has 1 saturated heterocycles. The molecule has 230 valence electrons. The number of sulfone groups is 1. The number of rotatable bonds is 9. The highest BCUT2D eigenvalue weighted by atomic mass is 32.2. The number of amides is 3. The fourth-order valence-corrected chi connectivity index (χ4v) is 7.70. The maximum atomic E-state index is 14.6. The molecule has 45 heavy (non-hydrogen) atoms. The summed E-state index contributed by atoms with van der Waals surface area (Å²) in [5.74, 6) is -0.510. The third-order valence-electron chi connectivity index (χ3n) is 7.78. The van der Waals surface area contributed by atoms with E-state index < -0.39 is 33.2 Å². The summed E-state index contributed by atoms with van der Waals surface area (Å²) < 4.78 is 31.0. The van der Waals surface area contributed by atoms with Crippen LogP contribution >= 0.6 is 0 Å². The van der Waals surface area contributed by atoms with Gasteiger partial charge in [-0.1, -0.05) is 66.7 Å². The number of hydrogen-bond acceptors (Lipinski definition) is 7. The SMILES string of the molecule is O=C(NCCCn1ccnc1)C1NCCN(C(=O)Nc2ccccc2-c2ccccc2)C1S(=O)(=O)c1cccc2cccnc12. The highest BCUT2D eigenvalue weighted by Crippen LogP contribution is 2.31.